The average Bonchev–Trinajstić information content (AvgIpc) is 3.07. The number of hydrogen-bond donors (Lipinski definition) is 2. The predicted octanol–water partition coefficient (Wildman–Crippen LogP) is 1.41. The third-order valence-corrected chi connectivity index (χ3v) is 6.46. The Bertz CT molecular complexity index is 973. The van der Waals surface area contributed by atoms with Crippen LogP contribution in [0.15, 0.2) is 29.4 Å². The quantitative estimate of drug-likeness (QED) is 0.813. The Morgan fingerprint density at radius 2 is 2.27 bits per heavy atom. The number of carbonyl (C=O) groups is 1. The van der Waals surface area contributed by atoms with Gasteiger partial charge in [-0.25, -0.2) is 18.1 Å². The lowest BCUT2D eigenvalue weighted by Gasteiger charge is -2.24. The number of benzene rings is 1. The number of ether oxygens (including phenoxy) is 1. The largest absolute Gasteiger partial charge is 0.482 e. The summed E-state index contributed by atoms with van der Waals surface area (Å²) in [6, 6.07) is 2.73. The van der Waals surface area contributed by atoms with Crippen molar-refractivity contribution >= 4 is 33.2 Å². The van der Waals surface area contributed by atoms with Crippen LogP contribution in [0.4, 0.5) is 5.69 Å². The van der Waals surface area contributed by atoms with Crippen LogP contribution in [0.1, 0.15) is 12.2 Å². The minimum atomic E-state index is -3.80. The van der Waals surface area contributed by atoms with Gasteiger partial charge in [-0.3, -0.25) is 4.79 Å². The highest BCUT2D eigenvalue weighted by atomic mass is 35.5. The number of halogens is 1. The number of anilines is 1. The van der Waals surface area contributed by atoms with E-state index in [2.05, 4.69) is 19.6 Å². The van der Waals surface area contributed by atoms with E-state index in [9.17, 15) is 13.2 Å². The molecule has 138 valence electrons. The first-order valence-corrected chi connectivity index (χ1v) is 10.0. The molecule has 0 saturated heterocycles. The highest BCUT2D eigenvalue weighted by Crippen LogP contribution is 2.35. The number of rotatable bonds is 4. The van der Waals surface area contributed by atoms with Gasteiger partial charge in [-0.15, -0.1) is 0 Å². The van der Waals surface area contributed by atoms with E-state index in [4.69, 9.17) is 16.3 Å². The summed E-state index contributed by atoms with van der Waals surface area (Å²) in [5.74, 6) is 1.12. The van der Waals surface area contributed by atoms with Crippen molar-refractivity contribution < 1.29 is 17.9 Å². The van der Waals surface area contributed by atoms with Crippen molar-refractivity contribution in [3.8, 4) is 5.75 Å². The van der Waals surface area contributed by atoms with Gasteiger partial charge in [-0.2, -0.15) is 0 Å². The molecule has 0 radical (unpaired) electrons. The maximum absolute atomic E-state index is 12.7. The van der Waals surface area contributed by atoms with E-state index in [0.717, 1.165) is 25.2 Å². The molecule has 1 aromatic heterocycles. The van der Waals surface area contributed by atoms with E-state index in [1.165, 1.54) is 12.1 Å². The summed E-state index contributed by atoms with van der Waals surface area (Å²) in [7, 11) is -3.80. The molecule has 0 bridgehead atoms. The van der Waals surface area contributed by atoms with Gasteiger partial charge in [0.2, 0.25) is 10.0 Å². The Morgan fingerprint density at radius 3 is 3.12 bits per heavy atom. The maximum atomic E-state index is 12.7. The number of carbonyl (C=O) groups excluding carboxylic acids is 1. The van der Waals surface area contributed by atoms with Gasteiger partial charge < -0.3 is 14.6 Å². The molecule has 0 fully saturated rings. The molecule has 0 saturated carbocycles. The van der Waals surface area contributed by atoms with Crippen LogP contribution in [-0.4, -0.2) is 37.0 Å². The normalized spacial score (nSPS) is 19.3. The van der Waals surface area contributed by atoms with E-state index in [1.807, 2.05) is 6.20 Å². The summed E-state index contributed by atoms with van der Waals surface area (Å²) in [6.07, 6.45) is 5.29. The predicted molar refractivity (Wildman–Crippen MR) is 94.8 cm³/mol. The third kappa shape index (κ3) is 3.29. The zero-order valence-electron chi connectivity index (χ0n) is 13.7. The number of hydrogen-bond acceptors (Lipinski definition) is 5. The second-order valence-corrected chi connectivity index (χ2v) is 8.51. The van der Waals surface area contributed by atoms with E-state index < -0.39 is 10.0 Å². The van der Waals surface area contributed by atoms with E-state index in [1.54, 1.807) is 6.20 Å². The van der Waals surface area contributed by atoms with Crippen LogP contribution in [0.3, 0.4) is 0 Å². The molecular formula is C16H17ClN4O4S. The molecule has 1 aromatic carbocycles. The highest BCUT2D eigenvalue weighted by molar-refractivity contribution is 7.89. The van der Waals surface area contributed by atoms with Gasteiger partial charge in [0.15, 0.2) is 6.61 Å². The van der Waals surface area contributed by atoms with Gasteiger partial charge in [0, 0.05) is 38.0 Å². The van der Waals surface area contributed by atoms with Crippen LogP contribution < -0.4 is 14.8 Å². The molecule has 2 aliphatic rings. The smallest absolute Gasteiger partial charge is 0.262 e. The summed E-state index contributed by atoms with van der Waals surface area (Å²) in [5, 5.41) is 2.63. The molecule has 1 unspecified atom stereocenters. The minimum absolute atomic E-state index is 0.0289. The van der Waals surface area contributed by atoms with Gasteiger partial charge in [-0.05, 0) is 18.4 Å². The summed E-state index contributed by atoms with van der Waals surface area (Å²) >= 11 is 6.13. The zero-order chi connectivity index (χ0) is 18.3. The van der Waals surface area contributed by atoms with Crippen molar-refractivity contribution in [1.82, 2.24) is 14.3 Å². The number of fused-ring (bicyclic) bond motifs is 2. The SMILES string of the molecule is O=C1COc2cc(S(=O)(=O)NCC3CCn4ccnc4C3)c(Cl)cc2N1. The molecule has 26 heavy (non-hydrogen) atoms. The van der Waals surface area contributed by atoms with Crippen LogP contribution in [0.5, 0.6) is 5.75 Å². The van der Waals surface area contributed by atoms with Crippen LogP contribution in [0, 0.1) is 5.92 Å². The molecule has 10 heteroatoms. The topological polar surface area (TPSA) is 102 Å². The zero-order valence-corrected chi connectivity index (χ0v) is 15.3. The average molecular weight is 397 g/mol. The molecule has 1 amide bonds. The van der Waals surface area contributed by atoms with Crippen LogP contribution in [-0.2, 0) is 27.8 Å². The summed E-state index contributed by atoms with van der Waals surface area (Å²) in [6.45, 7) is 0.978. The first kappa shape index (κ1) is 17.3. The molecule has 1 atom stereocenters. The highest BCUT2D eigenvalue weighted by Gasteiger charge is 2.26. The van der Waals surface area contributed by atoms with Crippen molar-refractivity contribution in [1.29, 1.82) is 0 Å². The monoisotopic (exact) mass is 396 g/mol. The third-order valence-electron chi connectivity index (χ3n) is 4.57. The van der Waals surface area contributed by atoms with Crippen molar-refractivity contribution in [2.75, 3.05) is 18.5 Å². The first-order chi connectivity index (χ1) is 12.4. The Morgan fingerprint density at radius 1 is 1.42 bits per heavy atom. The molecule has 2 N–H and O–H groups in total. The van der Waals surface area contributed by atoms with E-state index in [-0.39, 0.29) is 34.1 Å². The van der Waals surface area contributed by atoms with E-state index in [0.29, 0.717) is 12.2 Å². The second-order valence-electron chi connectivity index (χ2n) is 6.36. The molecular weight excluding hydrogens is 380 g/mol. The van der Waals surface area contributed by atoms with Crippen molar-refractivity contribution in [3.05, 3.63) is 35.4 Å². The standard InChI is InChI=1S/C16H17ClN4O4S/c17-11-6-12-13(25-9-16(22)20-12)7-14(11)26(23,24)19-8-10-1-3-21-4-2-18-15(21)5-10/h2,4,6-7,10,19H,1,3,5,8-9H2,(H,20,22). The minimum Gasteiger partial charge on any atom is -0.482 e. The lowest BCUT2D eigenvalue weighted by atomic mass is 9.98. The molecule has 8 nitrogen and oxygen atoms in total. The Kier molecular flexibility index (Phi) is 4.37. The van der Waals surface area contributed by atoms with Gasteiger partial charge in [0.25, 0.3) is 5.91 Å². The molecule has 2 aliphatic heterocycles. The number of nitrogens with one attached hydrogen (secondary N) is 2. The van der Waals surface area contributed by atoms with Gasteiger partial charge in [-0.1, -0.05) is 11.6 Å². The van der Waals surface area contributed by atoms with Crippen molar-refractivity contribution in [2.24, 2.45) is 5.92 Å². The first-order valence-electron chi connectivity index (χ1n) is 8.18. The van der Waals surface area contributed by atoms with Gasteiger partial charge in [0.1, 0.15) is 16.5 Å². The Labute approximate surface area is 155 Å². The van der Waals surface area contributed by atoms with Crippen LogP contribution in [0.25, 0.3) is 0 Å². The lowest BCUT2D eigenvalue weighted by Crippen LogP contribution is -2.33. The molecule has 0 aliphatic carbocycles. The number of amides is 1. The number of sulfonamides is 1. The fraction of sp³-hybridized carbons (Fsp3) is 0.375. The second kappa shape index (κ2) is 6.57. The lowest BCUT2D eigenvalue weighted by molar-refractivity contribution is -0.118. The summed E-state index contributed by atoms with van der Waals surface area (Å²) in [4.78, 5) is 15.6. The van der Waals surface area contributed by atoms with Crippen molar-refractivity contribution in [2.45, 2.75) is 24.3 Å². The number of aryl methyl sites for hydroxylation is 1. The van der Waals surface area contributed by atoms with E-state index >= 15 is 0 Å². The summed E-state index contributed by atoms with van der Waals surface area (Å²) in [5.41, 5.74) is 0.365. The number of nitrogens with zero attached hydrogens (tertiary/aromatic N) is 2. The number of imidazole rings is 1. The van der Waals surface area contributed by atoms with Crippen LogP contribution >= 0.6 is 11.6 Å². The Balaban J connectivity index is 1.49. The van der Waals surface area contributed by atoms with Crippen molar-refractivity contribution in [3.63, 3.8) is 0 Å². The fourth-order valence-corrected chi connectivity index (χ4v) is 4.84. The van der Waals surface area contributed by atoms with Gasteiger partial charge >= 0.3 is 0 Å². The maximum Gasteiger partial charge on any atom is 0.262 e. The molecule has 2 aromatic rings. The summed E-state index contributed by atoms with van der Waals surface area (Å²) < 4.78 is 35.4. The molecule has 4 rings (SSSR count). The van der Waals surface area contributed by atoms with Gasteiger partial charge in [0.05, 0.1) is 10.7 Å². The fourth-order valence-electron chi connectivity index (χ4n) is 3.18. The van der Waals surface area contributed by atoms with Crippen LogP contribution in [0.2, 0.25) is 5.02 Å². The molecule has 3 heterocycles. The molecule has 0 spiro atoms. The number of aromatic nitrogens is 2. The Hall–Kier alpha value is -2.10.